The number of hydrogen-bond acceptors (Lipinski definition) is 8. The van der Waals surface area contributed by atoms with Gasteiger partial charge in [0.2, 0.25) is 21.8 Å². The number of nitrogens with zero attached hydrogens (tertiary/aromatic N) is 3. The number of aromatic nitrogens is 2. The Hall–Kier alpha value is -3.16. The predicted molar refractivity (Wildman–Crippen MR) is 119 cm³/mol. The molecule has 13 heteroatoms. The molecule has 0 bridgehead atoms. The van der Waals surface area contributed by atoms with E-state index in [0.29, 0.717) is 18.4 Å². The Morgan fingerprint density at radius 1 is 1.06 bits per heavy atom. The van der Waals surface area contributed by atoms with Crippen LogP contribution in [0, 0.1) is 5.82 Å². The van der Waals surface area contributed by atoms with Crippen molar-refractivity contribution in [3.05, 3.63) is 54.3 Å². The lowest BCUT2D eigenvalue weighted by atomic mass is 10.2. The smallest absolute Gasteiger partial charge is 0.322 e. The highest BCUT2D eigenvalue weighted by molar-refractivity contribution is 7.91. The molecule has 4 rings (SSSR count). The van der Waals surface area contributed by atoms with E-state index in [9.17, 15) is 26.0 Å². The van der Waals surface area contributed by atoms with Crippen LogP contribution in [0.3, 0.4) is 0 Å². The topological polar surface area (TPSA) is 140 Å². The Morgan fingerprint density at radius 2 is 1.71 bits per heavy atom. The van der Waals surface area contributed by atoms with Crippen LogP contribution in [-0.2, 0) is 24.7 Å². The summed E-state index contributed by atoms with van der Waals surface area (Å²) in [5.74, 6) is -1.18. The van der Waals surface area contributed by atoms with Gasteiger partial charge in [0.1, 0.15) is 11.9 Å². The Morgan fingerprint density at radius 3 is 2.35 bits per heavy atom. The van der Waals surface area contributed by atoms with Crippen LogP contribution >= 0.6 is 0 Å². The summed E-state index contributed by atoms with van der Waals surface area (Å²) in [7, 11) is -7.36. The maximum atomic E-state index is 13.2. The van der Waals surface area contributed by atoms with Crippen LogP contribution in [0.5, 0.6) is 0 Å². The number of rotatable bonds is 7. The molecule has 0 radical (unpaired) electrons. The lowest BCUT2D eigenvalue weighted by Gasteiger charge is -2.22. The van der Waals surface area contributed by atoms with Gasteiger partial charge in [-0.1, -0.05) is 12.0 Å². The summed E-state index contributed by atoms with van der Waals surface area (Å²) in [4.78, 5) is 12.9. The van der Waals surface area contributed by atoms with E-state index in [1.54, 1.807) is 6.92 Å². The van der Waals surface area contributed by atoms with Crippen molar-refractivity contribution in [2.24, 2.45) is 0 Å². The van der Waals surface area contributed by atoms with Gasteiger partial charge in [-0.25, -0.2) is 21.2 Å². The van der Waals surface area contributed by atoms with Crippen LogP contribution in [0.25, 0.3) is 11.5 Å². The van der Waals surface area contributed by atoms with E-state index in [0.717, 1.165) is 28.6 Å². The molecule has 3 aromatic rings. The van der Waals surface area contributed by atoms with Crippen molar-refractivity contribution in [1.82, 2.24) is 14.5 Å². The minimum atomic E-state index is -4.01. The molecule has 1 amide bonds. The van der Waals surface area contributed by atoms with E-state index in [2.05, 4.69) is 15.5 Å². The van der Waals surface area contributed by atoms with Crippen molar-refractivity contribution < 1.29 is 30.4 Å². The molecular formula is C21H21FN4O6S2. The molecule has 2 aromatic carbocycles. The SMILES string of the molecule is CCS(=O)(=O)c1ccc(-c2nnc(NC(=O)C3CCCN3S(=O)(=O)c3ccc(F)cc3)o2)cc1. The summed E-state index contributed by atoms with van der Waals surface area (Å²) >= 11 is 0. The maximum Gasteiger partial charge on any atom is 0.322 e. The molecule has 1 aliphatic heterocycles. The maximum absolute atomic E-state index is 13.2. The van der Waals surface area contributed by atoms with Crippen LogP contribution in [0.1, 0.15) is 19.8 Å². The summed E-state index contributed by atoms with van der Waals surface area (Å²) in [6.07, 6.45) is 0.765. The van der Waals surface area contributed by atoms with E-state index in [4.69, 9.17) is 4.42 Å². The minimum absolute atomic E-state index is 0.0296. The average molecular weight is 509 g/mol. The second-order valence-electron chi connectivity index (χ2n) is 7.56. The van der Waals surface area contributed by atoms with Gasteiger partial charge in [0.25, 0.3) is 0 Å². The second-order valence-corrected chi connectivity index (χ2v) is 11.7. The van der Waals surface area contributed by atoms with Crippen molar-refractivity contribution in [2.45, 2.75) is 35.6 Å². The van der Waals surface area contributed by atoms with E-state index in [1.165, 1.54) is 24.3 Å². The van der Waals surface area contributed by atoms with Gasteiger partial charge in [-0.05, 0) is 61.4 Å². The van der Waals surface area contributed by atoms with Crippen molar-refractivity contribution in [1.29, 1.82) is 0 Å². The van der Waals surface area contributed by atoms with Gasteiger partial charge in [0.15, 0.2) is 9.84 Å². The highest BCUT2D eigenvalue weighted by Crippen LogP contribution is 2.28. The fraction of sp³-hybridized carbons (Fsp3) is 0.286. The number of carbonyl (C=O) groups excluding carboxylic acids is 1. The molecular weight excluding hydrogens is 487 g/mol. The number of carbonyl (C=O) groups is 1. The lowest BCUT2D eigenvalue weighted by Crippen LogP contribution is -2.43. The number of anilines is 1. The normalized spacial score (nSPS) is 17.1. The molecule has 1 aromatic heterocycles. The molecule has 34 heavy (non-hydrogen) atoms. The third kappa shape index (κ3) is 4.72. The van der Waals surface area contributed by atoms with Crippen LogP contribution in [0.2, 0.25) is 0 Å². The molecule has 1 aliphatic rings. The zero-order chi connectivity index (χ0) is 24.5. The zero-order valence-electron chi connectivity index (χ0n) is 18.0. The standard InChI is InChI=1S/C21H21FN4O6S2/c1-2-33(28,29)16-9-5-14(6-10-16)20-24-25-21(32-20)23-19(27)18-4-3-13-26(18)34(30,31)17-11-7-15(22)8-12-17/h5-12,18H,2-4,13H2,1H3,(H,23,25,27). The van der Waals surface area contributed by atoms with Gasteiger partial charge in [-0.2, -0.15) is 4.31 Å². The highest BCUT2D eigenvalue weighted by Gasteiger charge is 2.40. The third-order valence-electron chi connectivity index (χ3n) is 5.42. The number of sulfonamides is 1. The fourth-order valence-corrected chi connectivity index (χ4v) is 6.12. The van der Waals surface area contributed by atoms with Gasteiger partial charge in [-0.3, -0.25) is 10.1 Å². The first-order valence-corrected chi connectivity index (χ1v) is 13.5. The van der Waals surface area contributed by atoms with Crippen molar-refractivity contribution in [3.8, 4) is 11.5 Å². The van der Waals surface area contributed by atoms with Gasteiger partial charge in [0.05, 0.1) is 15.5 Å². The van der Waals surface area contributed by atoms with Crippen molar-refractivity contribution in [3.63, 3.8) is 0 Å². The molecule has 1 fully saturated rings. The molecule has 1 N–H and O–H groups in total. The Kier molecular flexibility index (Phi) is 6.51. The van der Waals surface area contributed by atoms with Gasteiger partial charge in [-0.15, -0.1) is 5.10 Å². The van der Waals surface area contributed by atoms with Crippen LogP contribution in [-0.4, -0.2) is 55.6 Å². The molecule has 10 nitrogen and oxygen atoms in total. The number of nitrogens with one attached hydrogen (secondary N) is 1. The Balaban J connectivity index is 1.48. The highest BCUT2D eigenvalue weighted by atomic mass is 32.2. The van der Waals surface area contributed by atoms with Gasteiger partial charge >= 0.3 is 6.01 Å². The van der Waals surface area contributed by atoms with Crippen LogP contribution in [0.4, 0.5) is 10.4 Å². The molecule has 0 aliphatic carbocycles. The predicted octanol–water partition coefficient (Wildman–Crippen LogP) is 2.46. The number of sulfone groups is 1. The molecule has 1 unspecified atom stereocenters. The zero-order valence-corrected chi connectivity index (χ0v) is 19.6. The molecule has 1 atom stereocenters. The molecule has 2 heterocycles. The number of amides is 1. The first kappa shape index (κ1) is 24.0. The van der Waals surface area contributed by atoms with E-state index < -0.39 is 37.6 Å². The van der Waals surface area contributed by atoms with Gasteiger partial charge in [0, 0.05) is 12.1 Å². The lowest BCUT2D eigenvalue weighted by molar-refractivity contribution is -0.119. The summed E-state index contributed by atoms with van der Waals surface area (Å²) in [6.45, 7) is 1.69. The van der Waals surface area contributed by atoms with Crippen LogP contribution in [0.15, 0.2) is 62.7 Å². The average Bonchev–Trinajstić information content (AvgIpc) is 3.50. The number of hydrogen-bond donors (Lipinski definition) is 1. The van der Waals surface area contributed by atoms with Crippen molar-refractivity contribution in [2.75, 3.05) is 17.6 Å². The fourth-order valence-electron chi connectivity index (χ4n) is 3.58. The third-order valence-corrected chi connectivity index (χ3v) is 9.09. The summed E-state index contributed by atoms with van der Waals surface area (Å²) < 4.78 is 69.5. The summed E-state index contributed by atoms with van der Waals surface area (Å²) in [6, 6.07) is 9.04. The molecule has 0 saturated carbocycles. The Labute approximate surface area is 195 Å². The second kappa shape index (κ2) is 9.24. The van der Waals surface area contributed by atoms with Crippen molar-refractivity contribution >= 4 is 31.8 Å². The minimum Gasteiger partial charge on any atom is -0.403 e. The van der Waals surface area contributed by atoms with E-state index in [1.807, 2.05) is 0 Å². The van der Waals surface area contributed by atoms with E-state index in [-0.39, 0.29) is 34.0 Å². The number of benzene rings is 2. The van der Waals surface area contributed by atoms with Crippen LogP contribution < -0.4 is 5.32 Å². The number of halogens is 1. The summed E-state index contributed by atoms with van der Waals surface area (Å²) in [5.41, 5.74) is 0.449. The Bertz CT molecular complexity index is 1400. The first-order chi connectivity index (χ1) is 16.1. The first-order valence-electron chi connectivity index (χ1n) is 10.4. The van der Waals surface area contributed by atoms with E-state index >= 15 is 0 Å². The largest absolute Gasteiger partial charge is 0.403 e. The summed E-state index contributed by atoms with van der Waals surface area (Å²) in [5, 5.41) is 10.1. The molecule has 180 valence electrons. The molecule has 0 spiro atoms. The quantitative estimate of drug-likeness (QED) is 0.513. The van der Waals surface area contributed by atoms with Gasteiger partial charge < -0.3 is 4.42 Å². The molecule has 1 saturated heterocycles. The monoisotopic (exact) mass is 508 g/mol.